The van der Waals surface area contributed by atoms with Crippen LogP contribution in [0.3, 0.4) is 0 Å². The Bertz CT molecular complexity index is 569. The molecule has 1 heterocycles. The lowest BCUT2D eigenvalue weighted by Gasteiger charge is -2.37. The molecule has 0 unspecified atom stereocenters. The van der Waals surface area contributed by atoms with Crippen LogP contribution in [-0.2, 0) is 4.74 Å². The van der Waals surface area contributed by atoms with Crippen molar-refractivity contribution in [2.45, 2.75) is 76.9 Å². The fourth-order valence-electron chi connectivity index (χ4n) is 4.17. The maximum Gasteiger partial charge on any atom is 0.411 e. The zero-order chi connectivity index (χ0) is 18.9. The van der Waals surface area contributed by atoms with E-state index in [4.69, 9.17) is 9.47 Å². The molecule has 5 heteroatoms. The van der Waals surface area contributed by atoms with E-state index in [1.807, 2.05) is 24.3 Å². The van der Waals surface area contributed by atoms with Crippen LogP contribution in [0.2, 0.25) is 0 Å². The molecule has 1 aromatic rings. The molecule has 150 valence electrons. The van der Waals surface area contributed by atoms with Crippen LogP contribution in [0.25, 0.3) is 0 Å². The van der Waals surface area contributed by atoms with E-state index >= 15 is 0 Å². The molecule has 2 fully saturated rings. The number of nitrogens with zero attached hydrogens (tertiary/aromatic N) is 1. The van der Waals surface area contributed by atoms with Gasteiger partial charge < -0.3 is 9.47 Å². The molecule has 1 aliphatic carbocycles. The van der Waals surface area contributed by atoms with Crippen molar-refractivity contribution in [2.24, 2.45) is 0 Å². The van der Waals surface area contributed by atoms with Crippen molar-refractivity contribution in [3.63, 3.8) is 0 Å². The van der Waals surface area contributed by atoms with E-state index in [-0.39, 0.29) is 12.2 Å². The smallest absolute Gasteiger partial charge is 0.411 e. The molecule has 0 bridgehead atoms. The van der Waals surface area contributed by atoms with Gasteiger partial charge in [0.25, 0.3) is 0 Å². The molecular weight excluding hydrogens is 340 g/mol. The zero-order valence-electron chi connectivity index (χ0n) is 16.6. The second kappa shape index (κ2) is 10.5. The minimum absolute atomic E-state index is 0.0121. The predicted octanol–water partition coefficient (Wildman–Crippen LogP) is 5.21. The number of likely N-dealkylation sites (tertiary alicyclic amines) is 1. The number of carbonyl (C=O) groups is 1. The van der Waals surface area contributed by atoms with Gasteiger partial charge in [0.05, 0.1) is 6.61 Å². The van der Waals surface area contributed by atoms with Gasteiger partial charge in [0, 0.05) is 11.7 Å². The van der Waals surface area contributed by atoms with Crippen LogP contribution >= 0.6 is 0 Å². The number of hydrogen-bond acceptors (Lipinski definition) is 4. The van der Waals surface area contributed by atoms with Crippen LogP contribution in [-0.4, -0.2) is 42.8 Å². The standard InChI is InChI=1S/C22H34N2O3/c1-2-3-8-17-26-19-13-11-18(12-14-19)23-22(25)27-21-10-5-4-9-20(21)24-15-6-7-16-24/h11-14,20-21H,2-10,15-17H2,1H3,(H,23,25)/t20-,21-/m0/s1. The topological polar surface area (TPSA) is 50.8 Å². The zero-order valence-corrected chi connectivity index (χ0v) is 16.6. The highest BCUT2D eigenvalue weighted by molar-refractivity contribution is 5.84. The first-order valence-corrected chi connectivity index (χ1v) is 10.7. The molecule has 2 atom stereocenters. The average molecular weight is 375 g/mol. The Morgan fingerprint density at radius 3 is 2.56 bits per heavy atom. The van der Waals surface area contributed by atoms with Crippen LogP contribution < -0.4 is 10.1 Å². The number of hydrogen-bond donors (Lipinski definition) is 1. The first kappa shape index (κ1) is 20.0. The number of ether oxygens (including phenoxy) is 2. The molecule has 5 nitrogen and oxygen atoms in total. The van der Waals surface area contributed by atoms with Gasteiger partial charge in [-0.25, -0.2) is 4.79 Å². The van der Waals surface area contributed by atoms with Gasteiger partial charge in [-0.1, -0.05) is 26.2 Å². The van der Waals surface area contributed by atoms with Crippen molar-refractivity contribution in [1.29, 1.82) is 0 Å². The van der Waals surface area contributed by atoms with Gasteiger partial charge in [-0.3, -0.25) is 10.2 Å². The van der Waals surface area contributed by atoms with Gasteiger partial charge in [0.15, 0.2) is 0 Å². The summed E-state index contributed by atoms with van der Waals surface area (Å²) >= 11 is 0. The molecular formula is C22H34N2O3. The third kappa shape index (κ3) is 6.13. The summed E-state index contributed by atoms with van der Waals surface area (Å²) in [6.07, 6.45) is 10.1. The number of anilines is 1. The van der Waals surface area contributed by atoms with Gasteiger partial charge in [-0.2, -0.15) is 0 Å². The van der Waals surface area contributed by atoms with Crippen molar-refractivity contribution < 1.29 is 14.3 Å². The Kier molecular flexibility index (Phi) is 7.81. The van der Waals surface area contributed by atoms with Crippen LogP contribution in [0, 0.1) is 0 Å². The SMILES string of the molecule is CCCCCOc1ccc(NC(=O)O[C@H]2CCCC[C@@H]2N2CCCC2)cc1. The molecule has 0 spiro atoms. The molecule has 0 aromatic heterocycles. The van der Waals surface area contributed by atoms with E-state index in [1.165, 1.54) is 32.1 Å². The molecule has 1 aromatic carbocycles. The van der Waals surface area contributed by atoms with Crippen LogP contribution in [0.5, 0.6) is 5.75 Å². The van der Waals surface area contributed by atoms with Crippen molar-refractivity contribution in [3.05, 3.63) is 24.3 Å². The Morgan fingerprint density at radius 2 is 1.81 bits per heavy atom. The van der Waals surface area contributed by atoms with E-state index in [9.17, 15) is 4.79 Å². The summed E-state index contributed by atoms with van der Waals surface area (Å²) < 4.78 is 11.5. The average Bonchev–Trinajstić information content (AvgIpc) is 3.21. The van der Waals surface area contributed by atoms with Crippen LogP contribution in [0.15, 0.2) is 24.3 Å². The molecule has 1 saturated heterocycles. The first-order chi connectivity index (χ1) is 13.3. The van der Waals surface area contributed by atoms with Gasteiger partial charge in [-0.15, -0.1) is 0 Å². The van der Waals surface area contributed by atoms with Gasteiger partial charge in [-0.05, 0) is 75.9 Å². The normalized spacial score (nSPS) is 23.1. The van der Waals surface area contributed by atoms with Crippen molar-refractivity contribution >= 4 is 11.8 Å². The van der Waals surface area contributed by atoms with E-state index in [0.29, 0.717) is 6.04 Å². The highest BCUT2D eigenvalue weighted by Crippen LogP contribution is 2.28. The summed E-state index contributed by atoms with van der Waals surface area (Å²) in [7, 11) is 0. The van der Waals surface area contributed by atoms with Crippen molar-refractivity contribution in [3.8, 4) is 5.75 Å². The molecule has 1 N–H and O–H groups in total. The number of benzene rings is 1. The summed E-state index contributed by atoms with van der Waals surface area (Å²) in [5.41, 5.74) is 0.745. The largest absolute Gasteiger partial charge is 0.494 e. The summed E-state index contributed by atoms with van der Waals surface area (Å²) in [6.45, 7) is 5.21. The second-order valence-corrected chi connectivity index (χ2v) is 7.74. The molecule has 3 rings (SSSR count). The number of rotatable bonds is 8. The number of carbonyl (C=O) groups excluding carboxylic acids is 1. The molecule has 1 saturated carbocycles. The predicted molar refractivity (Wildman–Crippen MR) is 108 cm³/mol. The quantitative estimate of drug-likeness (QED) is 0.635. The van der Waals surface area contributed by atoms with Gasteiger partial charge in [0.1, 0.15) is 11.9 Å². The van der Waals surface area contributed by atoms with Crippen LogP contribution in [0.4, 0.5) is 10.5 Å². The minimum Gasteiger partial charge on any atom is -0.494 e. The van der Waals surface area contributed by atoms with Gasteiger partial charge in [0.2, 0.25) is 0 Å². The Morgan fingerprint density at radius 1 is 1.07 bits per heavy atom. The summed E-state index contributed by atoms with van der Waals surface area (Å²) in [6, 6.07) is 7.93. The third-order valence-corrected chi connectivity index (χ3v) is 5.65. The van der Waals surface area contributed by atoms with Gasteiger partial charge >= 0.3 is 6.09 Å². The van der Waals surface area contributed by atoms with E-state index < -0.39 is 0 Å². The van der Waals surface area contributed by atoms with Crippen molar-refractivity contribution in [2.75, 3.05) is 25.0 Å². The lowest BCUT2D eigenvalue weighted by atomic mass is 9.91. The lowest BCUT2D eigenvalue weighted by molar-refractivity contribution is 0.0176. The monoisotopic (exact) mass is 374 g/mol. The number of nitrogens with one attached hydrogen (secondary N) is 1. The fraction of sp³-hybridized carbons (Fsp3) is 0.682. The second-order valence-electron chi connectivity index (χ2n) is 7.74. The molecule has 1 aliphatic heterocycles. The van der Waals surface area contributed by atoms with E-state index in [2.05, 4.69) is 17.1 Å². The highest BCUT2D eigenvalue weighted by atomic mass is 16.6. The number of unbranched alkanes of at least 4 members (excludes halogenated alkanes) is 2. The highest BCUT2D eigenvalue weighted by Gasteiger charge is 2.34. The number of amides is 1. The Labute approximate surface area is 163 Å². The molecule has 0 radical (unpaired) electrons. The lowest BCUT2D eigenvalue weighted by Crippen LogP contribution is -2.46. The van der Waals surface area contributed by atoms with E-state index in [1.54, 1.807) is 0 Å². The van der Waals surface area contributed by atoms with Crippen molar-refractivity contribution in [1.82, 2.24) is 4.90 Å². The molecule has 27 heavy (non-hydrogen) atoms. The minimum atomic E-state index is -0.345. The Balaban J connectivity index is 1.46. The summed E-state index contributed by atoms with van der Waals surface area (Å²) in [5, 5.41) is 2.87. The van der Waals surface area contributed by atoms with Crippen LogP contribution in [0.1, 0.15) is 64.7 Å². The maximum absolute atomic E-state index is 12.4. The molecule has 1 amide bonds. The third-order valence-electron chi connectivity index (χ3n) is 5.65. The van der Waals surface area contributed by atoms with E-state index in [0.717, 1.165) is 56.8 Å². The first-order valence-electron chi connectivity index (χ1n) is 10.7. The summed E-state index contributed by atoms with van der Waals surface area (Å²) in [5.74, 6) is 0.839. The summed E-state index contributed by atoms with van der Waals surface area (Å²) in [4.78, 5) is 14.9. The molecule has 2 aliphatic rings. The fourth-order valence-corrected chi connectivity index (χ4v) is 4.17. The maximum atomic E-state index is 12.4. The Hall–Kier alpha value is -1.75.